The Morgan fingerprint density at radius 2 is 1.92 bits per heavy atom. The summed E-state index contributed by atoms with van der Waals surface area (Å²) in [5, 5.41) is 13.1. The van der Waals surface area contributed by atoms with Gasteiger partial charge in [0.15, 0.2) is 0 Å². The van der Waals surface area contributed by atoms with Crippen LogP contribution in [0.3, 0.4) is 0 Å². The number of esters is 1. The van der Waals surface area contributed by atoms with Gasteiger partial charge < -0.3 is 19.9 Å². The van der Waals surface area contributed by atoms with Gasteiger partial charge in [0.25, 0.3) is 0 Å². The first-order chi connectivity index (χ1) is 11.9. The standard InChI is InChI=1S/C19H27NO5/c1-5-13(2)17(16(21)11-14(3)18(22)24-4)20-19(23)25-12-15-9-7-6-8-10-15/h6-10,13,16-17,21H,3,5,11-12H2,1-2,4H3,(H,20,23)/t13?,16-,17-/m0/s1. The van der Waals surface area contributed by atoms with Gasteiger partial charge in [-0.25, -0.2) is 9.59 Å². The summed E-state index contributed by atoms with van der Waals surface area (Å²) in [6, 6.07) is 8.76. The van der Waals surface area contributed by atoms with Crippen molar-refractivity contribution in [1.29, 1.82) is 0 Å². The summed E-state index contributed by atoms with van der Waals surface area (Å²) in [6.07, 6.45) is -0.825. The zero-order valence-corrected chi connectivity index (χ0v) is 15.0. The summed E-state index contributed by atoms with van der Waals surface area (Å²) < 4.78 is 9.79. The van der Waals surface area contributed by atoms with Crippen LogP contribution in [0.5, 0.6) is 0 Å². The van der Waals surface area contributed by atoms with E-state index in [0.717, 1.165) is 12.0 Å². The van der Waals surface area contributed by atoms with Gasteiger partial charge in [0.1, 0.15) is 6.61 Å². The van der Waals surface area contributed by atoms with Crippen LogP contribution in [0.4, 0.5) is 4.79 Å². The molecule has 1 aromatic carbocycles. The van der Waals surface area contributed by atoms with Crippen molar-refractivity contribution in [3.8, 4) is 0 Å². The van der Waals surface area contributed by atoms with Crippen molar-refractivity contribution in [2.45, 2.75) is 45.4 Å². The molecule has 0 fully saturated rings. The number of methoxy groups -OCH3 is 1. The van der Waals surface area contributed by atoms with E-state index in [2.05, 4.69) is 16.6 Å². The third-order valence-corrected chi connectivity index (χ3v) is 4.10. The van der Waals surface area contributed by atoms with E-state index >= 15 is 0 Å². The van der Waals surface area contributed by atoms with E-state index in [4.69, 9.17) is 4.74 Å². The minimum atomic E-state index is -0.967. The zero-order chi connectivity index (χ0) is 18.8. The number of aliphatic hydroxyl groups is 1. The minimum Gasteiger partial charge on any atom is -0.466 e. The smallest absolute Gasteiger partial charge is 0.407 e. The summed E-state index contributed by atoms with van der Waals surface area (Å²) in [6.45, 7) is 7.62. The minimum absolute atomic E-state index is 0.00952. The third-order valence-electron chi connectivity index (χ3n) is 4.10. The van der Waals surface area contributed by atoms with Crippen molar-refractivity contribution < 1.29 is 24.2 Å². The lowest BCUT2D eigenvalue weighted by atomic mass is 9.91. The normalized spacial score (nSPS) is 14.1. The molecule has 6 nitrogen and oxygen atoms in total. The molecular formula is C19H27NO5. The number of benzene rings is 1. The number of hydrogen-bond donors (Lipinski definition) is 2. The maximum Gasteiger partial charge on any atom is 0.407 e. The monoisotopic (exact) mass is 349 g/mol. The Labute approximate surface area is 148 Å². The largest absolute Gasteiger partial charge is 0.466 e. The molecule has 138 valence electrons. The highest BCUT2D eigenvalue weighted by Gasteiger charge is 2.28. The van der Waals surface area contributed by atoms with Crippen LogP contribution in [0.2, 0.25) is 0 Å². The number of aliphatic hydroxyl groups excluding tert-OH is 1. The van der Waals surface area contributed by atoms with Crippen LogP contribution in [0.25, 0.3) is 0 Å². The number of nitrogens with one attached hydrogen (secondary N) is 1. The van der Waals surface area contributed by atoms with E-state index in [1.165, 1.54) is 7.11 Å². The summed E-state index contributed by atoms with van der Waals surface area (Å²) in [5.41, 5.74) is 1.03. The lowest BCUT2D eigenvalue weighted by Gasteiger charge is -2.28. The molecule has 0 aliphatic rings. The van der Waals surface area contributed by atoms with Crippen LogP contribution in [0, 0.1) is 5.92 Å². The number of amides is 1. The van der Waals surface area contributed by atoms with Gasteiger partial charge >= 0.3 is 12.1 Å². The van der Waals surface area contributed by atoms with Gasteiger partial charge in [-0.2, -0.15) is 0 Å². The van der Waals surface area contributed by atoms with Gasteiger partial charge in [-0.15, -0.1) is 0 Å². The Hall–Kier alpha value is -2.34. The molecule has 6 heteroatoms. The Kier molecular flexibility index (Phi) is 8.70. The van der Waals surface area contributed by atoms with Gasteiger partial charge in [0, 0.05) is 12.0 Å². The highest BCUT2D eigenvalue weighted by atomic mass is 16.5. The van der Waals surface area contributed by atoms with Gasteiger partial charge in [0.05, 0.1) is 19.3 Å². The van der Waals surface area contributed by atoms with Crippen molar-refractivity contribution in [3.05, 3.63) is 48.0 Å². The molecule has 2 N–H and O–H groups in total. The van der Waals surface area contributed by atoms with Crippen LogP contribution in [0.1, 0.15) is 32.3 Å². The van der Waals surface area contributed by atoms with E-state index in [0.29, 0.717) is 0 Å². The molecule has 0 spiro atoms. The fraction of sp³-hybridized carbons (Fsp3) is 0.474. The number of ether oxygens (including phenoxy) is 2. The summed E-state index contributed by atoms with van der Waals surface area (Å²) in [5.74, 6) is -0.585. The van der Waals surface area contributed by atoms with E-state index < -0.39 is 24.2 Å². The van der Waals surface area contributed by atoms with Crippen LogP contribution in [0.15, 0.2) is 42.5 Å². The predicted octanol–water partition coefficient (Wildman–Crippen LogP) is 2.81. The average molecular weight is 349 g/mol. The van der Waals surface area contributed by atoms with Crippen molar-refractivity contribution in [2.75, 3.05) is 7.11 Å². The molecule has 1 unspecified atom stereocenters. The fourth-order valence-corrected chi connectivity index (χ4v) is 2.38. The molecule has 0 aromatic heterocycles. The molecule has 0 saturated carbocycles. The van der Waals surface area contributed by atoms with Gasteiger partial charge in [-0.3, -0.25) is 0 Å². The maximum atomic E-state index is 12.1. The highest BCUT2D eigenvalue weighted by molar-refractivity contribution is 5.87. The first-order valence-corrected chi connectivity index (χ1v) is 8.30. The van der Waals surface area contributed by atoms with E-state index in [1.807, 2.05) is 44.2 Å². The maximum absolute atomic E-state index is 12.1. The molecular weight excluding hydrogens is 322 g/mol. The van der Waals surface area contributed by atoms with Crippen LogP contribution in [-0.2, 0) is 20.9 Å². The van der Waals surface area contributed by atoms with Crippen molar-refractivity contribution in [1.82, 2.24) is 5.32 Å². The molecule has 0 bridgehead atoms. The van der Waals surface area contributed by atoms with Crippen molar-refractivity contribution in [3.63, 3.8) is 0 Å². The number of alkyl carbamates (subject to hydrolysis) is 1. The molecule has 0 radical (unpaired) electrons. The molecule has 0 saturated heterocycles. The fourth-order valence-electron chi connectivity index (χ4n) is 2.38. The van der Waals surface area contributed by atoms with Crippen LogP contribution >= 0.6 is 0 Å². The molecule has 1 amide bonds. The molecule has 25 heavy (non-hydrogen) atoms. The molecule has 0 aliphatic heterocycles. The average Bonchev–Trinajstić information content (AvgIpc) is 2.63. The highest BCUT2D eigenvalue weighted by Crippen LogP contribution is 2.17. The number of carbonyl (C=O) groups is 2. The zero-order valence-electron chi connectivity index (χ0n) is 15.0. The molecule has 0 heterocycles. The van der Waals surface area contributed by atoms with Gasteiger partial charge in [0.2, 0.25) is 0 Å². The van der Waals surface area contributed by atoms with E-state index in [9.17, 15) is 14.7 Å². The number of rotatable bonds is 9. The summed E-state index contributed by atoms with van der Waals surface area (Å²) in [4.78, 5) is 23.5. The molecule has 1 aromatic rings. The van der Waals surface area contributed by atoms with E-state index in [1.54, 1.807) is 0 Å². The lowest BCUT2D eigenvalue weighted by molar-refractivity contribution is -0.136. The quantitative estimate of drug-likeness (QED) is 0.529. The Morgan fingerprint density at radius 3 is 2.48 bits per heavy atom. The van der Waals surface area contributed by atoms with Gasteiger partial charge in [-0.1, -0.05) is 57.2 Å². The number of hydrogen-bond acceptors (Lipinski definition) is 5. The Bertz CT molecular complexity index is 572. The van der Waals surface area contributed by atoms with Crippen molar-refractivity contribution >= 4 is 12.1 Å². The van der Waals surface area contributed by atoms with E-state index in [-0.39, 0.29) is 24.5 Å². The second-order valence-electron chi connectivity index (χ2n) is 5.98. The summed E-state index contributed by atoms with van der Waals surface area (Å²) >= 11 is 0. The first-order valence-electron chi connectivity index (χ1n) is 8.30. The van der Waals surface area contributed by atoms with Gasteiger partial charge in [-0.05, 0) is 11.5 Å². The lowest BCUT2D eigenvalue weighted by Crippen LogP contribution is -2.47. The third kappa shape index (κ3) is 6.97. The van der Waals surface area contributed by atoms with Crippen LogP contribution in [-0.4, -0.2) is 36.4 Å². The Morgan fingerprint density at radius 1 is 1.28 bits per heavy atom. The second kappa shape index (κ2) is 10.5. The SMILES string of the molecule is C=C(C[C@H](O)[C@@H](NC(=O)OCc1ccccc1)C(C)CC)C(=O)OC. The number of carbonyl (C=O) groups excluding carboxylic acids is 2. The Balaban J connectivity index is 2.63. The second-order valence-corrected chi connectivity index (χ2v) is 5.98. The molecule has 0 aliphatic carbocycles. The topological polar surface area (TPSA) is 84.9 Å². The molecule has 3 atom stereocenters. The van der Waals surface area contributed by atoms with Crippen LogP contribution < -0.4 is 5.32 Å². The predicted molar refractivity (Wildman–Crippen MR) is 94.8 cm³/mol. The molecule has 1 rings (SSSR count). The first kappa shape index (κ1) is 20.7. The summed E-state index contributed by atoms with van der Waals surface area (Å²) in [7, 11) is 1.26. The van der Waals surface area contributed by atoms with Crippen molar-refractivity contribution in [2.24, 2.45) is 5.92 Å².